The fourth-order valence-corrected chi connectivity index (χ4v) is 1.23. The molecule has 0 aliphatic carbocycles. The molecule has 2 atom stereocenters. The van der Waals surface area contributed by atoms with E-state index >= 15 is 0 Å². The standard InChI is InChI=1S/C13H25NO2/c1-8(2)9(3)10(4)11(15)14-12(16)13(5,6)7/h8-10H,1-7H3,(H,14,15,16)/t9-,10-/m0/s1. The average Bonchev–Trinajstić information content (AvgIpc) is 2.13. The number of amides is 2. The third kappa shape index (κ3) is 4.33. The minimum Gasteiger partial charge on any atom is -0.296 e. The van der Waals surface area contributed by atoms with Crippen molar-refractivity contribution in [2.75, 3.05) is 0 Å². The third-order valence-electron chi connectivity index (χ3n) is 3.17. The van der Waals surface area contributed by atoms with E-state index in [1.807, 2.05) is 13.8 Å². The van der Waals surface area contributed by atoms with Crippen LogP contribution in [-0.2, 0) is 9.59 Å². The van der Waals surface area contributed by atoms with Gasteiger partial charge in [0.2, 0.25) is 11.8 Å². The number of nitrogens with one attached hydrogen (secondary N) is 1. The first-order valence-electron chi connectivity index (χ1n) is 5.92. The lowest BCUT2D eigenvalue weighted by atomic mass is 9.85. The van der Waals surface area contributed by atoms with Gasteiger partial charge in [-0.1, -0.05) is 48.5 Å². The molecule has 0 fully saturated rings. The highest BCUT2D eigenvalue weighted by Crippen LogP contribution is 2.21. The summed E-state index contributed by atoms with van der Waals surface area (Å²) >= 11 is 0. The van der Waals surface area contributed by atoms with Crippen LogP contribution in [0.15, 0.2) is 0 Å². The summed E-state index contributed by atoms with van der Waals surface area (Å²) in [6, 6.07) is 0. The second-order valence-electron chi connectivity index (χ2n) is 5.96. The van der Waals surface area contributed by atoms with Gasteiger partial charge in [-0.25, -0.2) is 0 Å². The van der Waals surface area contributed by atoms with Crippen LogP contribution in [0.25, 0.3) is 0 Å². The Labute approximate surface area is 99.0 Å². The Balaban J connectivity index is 4.43. The SMILES string of the molecule is CC(C)[C@H](C)[C@H](C)C(=O)NC(=O)C(C)(C)C. The van der Waals surface area contributed by atoms with Crippen LogP contribution >= 0.6 is 0 Å². The average molecular weight is 227 g/mol. The van der Waals surface area contributed by atoms with Crippen LogP contribution in [0.3, 0.4) is 0 Å². The minimum atomic E-state index is -0.517. The number of carbonyl (C=O) groups is 2. The van der Waals surface area contributed by atoms with Gasteiger partial charge < -0.3 is 0 Å². The minimum absolute atomic E-state index is 0.133. The molecule has 2 amide bonds. The Hall–Kier alpha value is -0.860. The predicted molar refractivity (Wildman–Crippen MR) is 65.8 cm³/mol. The Kier molecular flexibility index (Phi) is 5.17. The van der Waals surface area contributed by atoms with Crippen LogP contribution in [0, 0.1) is 23.2 Å². The zero-order chi connectivity index (χ0) is 13.1. The molecule has 0 aromatic carbocycles. The normalized spacial score (nSPS) is 15.8. The van der Waals surface area contributed by atoms with E-state index in [2.05, 4.69) is 19.2 Å². The summed E-state index contributed by atoms with van der Waals surface area (Å²) in [4.78, 5) is 23.5. The summed E-state index contributed by atoms with van der Waals surface area (Å²) in [7, 11) is 0. The fourth-order valence-electron chi connectivity index (χ4n) is 1.23. The van der Waals surface area contributed by atoms with Crippen LogP contribution < -0.4 is 5.32 Å². The molecule has 1 N–H and O–H groups in total. The second kappa shape index (κ2) is 5.46. The van der Waals surface area contributed by atoms with E-state index in [0.717, 1.165) is 0 Å². The number of rotatable bonds is 3. The van der Waals surface area contributed by atoms with Crippen molar-refractivity contribution in [3.8, 4) is 0 Å². The van der Waals surface area contributed by atoms with Crippen LogP contribution in [0.1, 0.15) is 48.5 Å². The van der Waals surface area contributed by atoms with Gasteiger partial charge in [0.05, 0.1) is 0 Å². The van der Waals surface area contributed by atoms with Gasteiger partial charge in [0, 0.05) is 11.3 Å². The van der Waals surface area contributed by atoms with Gasteiger partial charge in [0.1, 0.15) is 0 Å². The second-order valence-corrected chi connectivity index (χ2v) is 5.96. The smallest absolute Gasteiger partial charge is 0.231 e. The molecule has 0 aromatic heterocycles. The molecule has 0 heterocycles. The highest BCUT2D eigenvalue weighted by atomic mass is 16.2. The van der Waals surface area contributed by atoms with Gasteiger partial charge in [0.25, 0.3) is 0 Å². The Morgan fingerprint density at radius 2 is 1.44 bits per heavy atom. The molecule has 0 unspecified atom stereocenters. The summed E-state index contributed by atoms with van der Waals surface area (Å²) < 4.78 is 0. The third-order valence-corrected chi connectivity index (χ3v) is 3.17. The lowest BCUT2D eigenvalue weighted by Gasteiger charge is -2.24. The first-order valence-corrected chi connectivity index (χ1v) is 5.92. The molecule has 0 saturated heterocycles. The summed E-state index contributed by atoms with van der Waals surface area (Å²) in [6.45, 7) is 13.5. The topological polar surface area (TPSA) is 46.2 Å². The van der Waals surface area contributed by atoms with Crippen LogP contribution in [0.2, 0.25) is 0 Å². The van der Waals surface area contributed by atoms with Crippen molar-refractivity contribution in [2.24, 2.45) is 23.2 Å². The van der Waals surface area contributed by atoms with Crippen LogP contribution in [0.4, 0.5) is 0 Å². The van der Waals surface area contributed by atoms with Crippen molar-refractivity contribution in [1.29, 1.82) is 0 Å². The molecule has 0 aliphatic heterocycles. The molecule has 0 radical (unpaired) electrons. The van der Waals surface area contributed by atoms with E-state index in [1.54, 1.807) is 20.8 Å². The van der Waals surface area contributed by atoms with Crippen LogP contribution in [0.5, 0.6) is 0 Å². The van der Waals surface area contributed by atoms with Gasteiger partial charge >= 0.3 is 0 Å². The molecule has 0 bridgehead atoms. The fraction of sp³-hybridized carbons (Fsp3) is 0.846. The zero-order valence-corrected chi connectivity index (χ0v) is 11.5. The highest BCUT2D eigenvalue weighted by molar-refractivity contribution is 5.98. The monoisotopic (exact) mass is 227 g/mol. The van der Waals surface area contributed by atoms with Gasteiger partial charge in [-0.05, 0) is 11.8 Å². The molecule has 0 aromatic rings. The largest absolute Gasteiger partial charge is 0.296 e. The molecule has 94 valence electrons. The molecule has 16 heavy (non-hydrogen) atoms. The Morgan fingerprint density at radius 3 is 1.75 bits per heavy atom. The molecule has 3 nitrogen and oxygen atoms in total. The molecular formula is C13H25NO2. The van der Waals surface area contributed by atoms with Crippen LogP contribution in [-0.4, -0.2) is 11.8 Å². The van der Waals surface area contributed by atoms with Crippen molar-refractivity contribution in [1.82, 2.24) is 5.32 Å². The van der Waals surface area contributed by atoms with Crippen molar-refractivity contribution in [3.63, 3.8) is 0 Å². The first kappa shape index (κ1) is 15.1. The van der Waals surface area contributed by atoms with Gasteiger partial charge in [-0.3, -0.25) is 14.9 Å². The number of hydrogen-bond donors (Lipinski definition) is 1. The molecule has 0 aliphatic rings. The molecule has 0 spiro atoms. The lowest BCUT2D eigenvalue weighted by molar-refractivity contribution is -0.137. The van der Waals surface area contributed by atoms with E-state index in [1.165, 1.54) is 0 Å². The van der Waals surface area contributed by atoms with Gasteiger partial charge in [0.15, 0.2) is 0 Å². The highest BCUT2D eigenvalue weighted by Gasteiger charge is 2.28. The zero-order valence-electron chi connectivity index (χ0n) is 11.5. The van der Waals surface area contributed by atoms with E-state index in [9.17, 15) is 9.59 Å². The van der Waals surface area contributed by atoms with E-state index < -0.39 is 5.41 Å². The van der Waals surface area contributed by atoms with E-state index in [4.69, 9.17) is 0 Å². The van der Waals surface area contributed by atoms with Crippen molar-refractivity contribution >= 4 is 11.8 Å². The molecular weight excluding hydrogens is 202 g/mol. The Morgan fingerprint density at radius 1 is 1.00 bits per heavy atom. The summed E-state index contributed by atoms with van der Waals surface area (Å²) in [5.41, 5.74) is -0.517. The maximum atomic E-state index is 11.8. The molecule has 0 saturated carbocycles. The van der Waals surface area contributed by atoms with Crippen molar-refractivity contribution in [2.45, 2.75) is 48.5 Å². The molecule has 0 rings (SSSR count). The van der Waals surface area contributed by atoms with Gasteiger partial charge in [-0.15, -0.1) is 0 Å². The van der Waals surface area contributed by atoms with E-state index in [-0.39, 0.29) is 23.7 Å². The number of hydrogen-bond acceptors (Lipinski definition) is 2. The van der Waals surface area contributed by atoms with Crippen molar-refractivity contribution < 1.29 is 9.59 Å². The lowest BCUT2D eigenvalue weighted by Crippen LogP contribution is -2.43. The predicted octanol–water partition coefficient (Wildman–Crippen LogP) is 2.60. The molecule has 3 heteroatoms. The maximum Gasteiger partial charge on any atom is 0.231 e. The van der Waals surface area contributed by atoms with Crippen molar-refractivity contribution in [3.05, 3.63) is 0 Å². The maximum absolute atomic E-state index is 11.8. The van der Waals surface area contributed by atoms with E-state index in [0.29, 0.717) is 5.92 Å². The number of carbonyl (C=O) groups excluding carboxylic acids is 2. The summed E-state index contributed by atoms with van der Waals surface area (Å²) in [5.74, 6) is 0.200. The number of imide groups is 1. The Bertz CT molecular complexity index is 264. The summed E-state index contributed by atoms with van der Waals surface area (Å²) in [6.07, 6.45) is 0. The van der Waals surface area contributed by atoms with Gasteiger partial charge in [-0.2, -0.15) is 0 Å². The summed E-state index contributed by atoms with van der Waals surface area (Å²) in [5, 5.41) is 2.48. The first-order chi connectivity index (χ1) is 7.07. The quantitative estimate of drug-likeness (QED) is 0.805.